The number of aliphatic hydroxyl groups is 1. The summed E-state index contributed by atoms with van der Waals surface area (Å²) in [5.41, 5.74) is -0.952. The lowest BCUT2D eigenvalue weighted by molar-refractivity contribution is -0.142. The number of carbonyl (C=O) groups excluding carboxylic acids is 2. The molecule has 0 aliphatic heterocycles. The summed E-state index contributed by atoms with van der Waals surface area (Å²) in [6, 6.07) is 1.68. The Hall–Kier alpha value is -1.93. The number of carboxylic acid groups (broad SMARTS) is 1. The number of hydrogen-bond acceptors (Lipinski definition) is 5. The summed E-state index contributed by atoms with van der Waals surface area (Å²) in [6.45, 7) is 1.35. The molecule has 0 saturated heterocycles. The Balaban J connectivity index is 2.22. The van der Waals surface area contributed by atoms with Crippen LogP contribution in [0.5, 0.6) is 0 Å². The second kappa shape index (κ2) is 7.75. The molecule has 0 bridgehead atoms. The van der Waals surface area contributed by atoms with Crippen molar-refractivity contribution in [1.29, 1.82) is 0 Å². The summed E-state index contributed by atoms with van der Waals surface area (Å²) < 4.78 is 0. The summed E-state index contributed by atoms with van der Waals surface area (Å²) in [7, 11) is 0. The number of thiophene rings is 1. The van der Waals surface area contributed by atoms with Crippen molar-refractivity contribution >= 4 is 29.1 Å². The van der Waals surface area contributed by atoms with Gasteiger partial charge in [0, 0.05) is 30.5 Å². The van der Waals surface area contributed by atoms with Crippen molar-refractivity contribution in [3.05, 3.63) is 22.4 Å². The first-order valence-electron chi connectivity index (χ1n) is 6.31. The van der Waals surface area contributed by atoms with Gasteiger partial charge in [0.15, 0.2) is 0 Å². The second-order valence-electron chi connectivity index (χ2n) is 4.86. The zero-order valence-corrected chi connectivity index (χ0v) is 12.4. The molecule has 0 radical (unpaired) electrons. The molecule has 21 heavy (non-hydrogen) atoms. The van der Waals surface area contributed by atoms with E-state index in [2.05, 4.69) is 10.6 Å². The molecule has 0 saturated carbocycles. The molecule has 1 aromatic heterocycles. The Bertz CT molecular complexity index is 499. The largest absolute Gasteiger partial charge is 0.481 e. The number of hydrogen-bond donors (Lipinski definition) is 4. The van der Waals surface area contributed by atoms with Crippen LogP contribution < -0.4 is 10.6 Å². The Labute approximate surface area is 126 Å². The number of rotatable bonds is 8. The molecular formula is C13H18N2O5S. The molecule has 8 heteroatoms. The molecule has 0 aliphatic rings. The van der Waals surface area contributed by atoms with Gasteiger partial charge in [0.25, 0.3) is 5.91 Å². The molecular weight excluding hydrogens is 296 g/mol. The van der Waals surface area contributed by atoms with E-state index in [1.165, 1.54) is 18.3 Å². The average Bonchev–Trinajstić information content (AvgIpc) is 2.88. The molecule has 0 spiro atoms. The van der Waals surface area contributed by atoms with Gasteiger partial charge in [0.2, 0.25) is 5.91 Å². The SMILES string of the molecule is CC(O)(CNC(=O)CCNC(=O)c1ccsc1)CC(=O)O. The van der Waals surface area contributed by atoms with Crippen LogP contribution in [0.15, 0.2) is 16.8 Å². The Morgan fingerprint density at radius 2 is 2.05 bits per heavy atom. The van der Waals surface area contributed by atoms with Crippen LogP contribution in [0, 0.1) is 0 Å². The molecule has 1 heterocycles. The van der Waals surface area contributed by atoms with E-state index >= 15 is 0 Å². The highest BCUT2D eigenvalue weighted by molar-refractivity contribution is 7.08. The fourth-order valence-corrected chi connectivity index (χ4v) is 2.19. The lowest BCUT2D eigenvalue weighted by Gasteiger charge is -2.21. The highest BCUT2D eigenvalue weighted by Gasteiger charge is 2.24. The van der Waals surface area contributed by atoms with Crippen molar-refractivity contribution in [2.24, 2.45) is 0 Å². The predicted octanol–water partition coefficient (Wildman–Crippen LogP) is 0.210. The number of carbonyl (C=O) groups is 3. The topological polar surface area (TPSA) is 116 Å². The molecule has 2 amide bonds. The minimum atomic E-state index is -1.50. The third-order valence-electron chi connectivity index (χ3n) is 2.62. The quantitative estimate of drug-likeness (QED) is 0.547. The molecule has 1 atom stereocenters. The van der Waals surface area contributed by atoms with Crippen LogP contribution in [0.25, 0.3) is 0 Å². The third-order valence-corrected chi connectivity index (χ3v) is 3.30. The molecule has 1 aromatic rings. The summed E-state index contributed by atoms with van der Waals surface area (Å²) in [6.07, 6.45) is -0.402. The highest BCUT2D eigenvalue weighted by atomic mass is 32.1. The fourth-order valence-electron chi connectivity index (χ4n) is 1.55. The van der Waals surface area contributed by atoms with Crippen LogP contribution in [0.4, 0.5) is 0 Å². The summed E-state index contributed by atoms with van der Waals surface area (Å²) in [5, 5.41) is 26.8. The Kier molecular flexibility index (Phi) is 6.32. The minimum absolute atomic E-state index is 0.0546. The Morgan fingerprint density at radius 3 is 2.62 bits per heavy atom. The number of nitrogens with one attached hydrogen (secondary N) is 2. The summed E-state index contributed by atoms with van der Waals surface area (Å²) in [4.78, 5) is 33.6. The first-order chi connectivity index (χ1) is 9.80. The first-order valence-corrected chi connectivity index (χ1v) is 7.26. The van der Waals surface area contributed by atoms with Gasteiger partial charge in [0.05, 0.1) is 12.0 Å². The lowest BCUT2D eigenvalue weighted by atomic mass is 10.0. The van der Waals surface area contributed by atoms with Gasteiger partial charge in [0.1, 0.15) is 0 Å². The minimum Gasteiger partial charge on any atom is -0.481 e. The maximum Gasteiger partial charge on any atom is 0.306 e. The Morgan fingerprint density at radius 1 is 1.33 bits per heavy atom. The molecule has 7 nitrogen and oxygen atoms in total. The molecule has 1 unspecified atom stereocenters. The van der Waals surface area contributed by atoms with Gasteiger partial charge in [-0.3, -0.25) is 14.4 Å². The van der Waals surface area contributed by atoms with Gasteiger partial charge in [-0.15, -0.1) is 0 Å². The lowest BCUT2D eigenvalue weighted by Crippen LogP contribution is -2.42. The summed E-state index contributed by atoms with van der Waals surface area (Å²) in [5.74, 6) is -1.76. The van der Waals surface area contributed by atoms with E-state index in [0.29, 0.717) is 5.56 Å². The molecule has 116 valence electrons. The molecule has 1 rings (SSSR count). The first kappa shape index (κ1) is 17.1. The van der Waals surface area contributed by atoms with E-state index in [-0.39, 0.29) is 31.3 Å². The zero-order chi connectivity index (χ0) is 15.9. The second-order valence-corrected chi connectivity index (χ2v) is 5.64. The number of aliphatic carboxylic acids is 1. The maximum absolute atomic E-state index is 11.6. The van der Waals surface area contributed by atoms with Crippen molar-refractivity contribution < 1.29 is 24.6 Å². The van der Waals surface area contributed by atoms with Gasteiger partial charge in [-0.1, -0.05) is 0 Å². The van der Waals surface area contributed by atoms with Gasteiger partial charge >= 0.3 is 5.97 Å². The van der Waals surface area contributed by atoms with Crippen LogP contribution in [-0.2, 0) is 9.59 Å². The van der Waals surface area contributed by atoms with Crippen molar-refractivity contribution in [1.82, 2.24) is 10.6 Å². The van der Waals surface area contributed by atoms with Gasteiger partial charge in [-0.2, -0.15) is 11.3 Å². The fraction of sp³-hybridized carbons (Fsp3) is 0.462. The van der Waals surface area contributed by atoms with Crippen molar-refractivity contribution in [2.45, 2.75) is 25.4 Å². The summed E-state index contributed by atoms with van der Waals surface area (Å²) >= 11 is 1.41. The molecule has 0 aromatic carbocycles. The van der Waals surface area contributed by atoms with E-state index in [1.54, 1.807) is 16.8 Å². The normalized spacial score (nSPS) is 13.2. The predicted molar refractivity (Wildman–Crippen MR) is 77.2 cm³/mol. The van der Waals surface area contributed by atoms with E-state index < -0.39 is 18.0 Å². The molecule has 4 N–H and O–H groups in total. The van der Waals surface area contributed by atoms with Crippen LogP contribution in [-0.4, -0.2) is 46.7 Å². The van der Waals surface area contributed by atoms with E-state index in [4.69, 9.17) is 5.11 Å². The highest BCUT2D eigenvalue weighted by Crippen LogP contribution is 2.07. The van der Waals surface area contributed by atoms with Gasteiger partial charge < -0.3 is 20.8 Å². The monoisotopic (exact) mass is 314 g/mol. The van der Waals surface area contributed by atoms with Gasteiger partial charge in [-0.05, 0) is 18.4 Å². The standard InChI is InChI=1S/C13H18N2O5S/c1-13(20,6-11(17)18)8-15-10(16)2-4-14-12(19)9-3-5-21-7-9/h3,5,7,20H,2,4,6,8H2,1H3,(H,14,19)(H,15,16)(H,17,18). The van der Waals surface area contributed by atoms with Crippen LogP contribution in [0.2, 0.25) is 0 Å². The number of carboxylic acids is 1. The van der Waals surface area contributed by atoms with Gasteiger partial charge in [-0.25, -0.2) is 0 Å². The zero-order valence-electron chi connectivity index (χ0n) is 11.6. The van der Waals surface area contributed by atoms with Crippen LogP contribution in [0.1, 0.15) is 30.1 Å². The number of amides is 2. The van der Waals surface area contributed by atoms with Crippen LogP contribution >= 0.6 is 11.3 Å². The van der Waals surface area contributed by atoms with Crippen molar-refractivity contribution in [3.63, 3.8) is 0 Å². The van der Waals surface area contributed by atoms with E-state index in [1.807, 2.05) is 0 Å². The third kappa shape index (κ3) is 6.87. The van der Waals surface area contributed by atoms with Crippen molar-refractivity contribution in [2.75, 3.05) is 13.1 Å². The average molecular weight is 314 g/mol. The molecule has 0 aliphatic carbocycles. The van der Waals surface area contributed by atoms with E-state index in [0.717, 1.165) is 0 Å². The van der Waals surface area contributed by atoms with Crippen LogP contribution in [0.3, 0.4) is 0 Å². The van der Waals surface area contributed by atoms with Crippen molar-refractivity contribution in [3.8, 4) is 0 Å². The molecule has 0 fully saturated rings. The van der Waals surface area contributed by atoms with E-state index in [9.17, 15) is 19.5 Å². The maximum atomic E-state index is 11.6. The smallest absolute Gasteiger partial charge is 0.306 e.